The summed E-state index contributed by atoms with van der Waals surface area (Å²) >= 11 is 6.41. The average Bonchev–Trinajstić information content (AvgIpc) is 3.16. The van der Waals surface area contributed by atoms with Gasteiger partial charge in [-0.3, -0.25) is 9.59 Å². The molecule has 0 bridgehead atoms. The zero-order chi connectivity index (χ0) is 21.6. The van der Waals surface area contributed by atoms with Gasteiger partial charge in [0.2, 0.25) is 0 Å². The molecule has 0 radical (unpaired) electrons. The number of carbonyl (C=O) groups is 3. The van der Waals surface area contributed by atoms with Gasteiger partial charge in [0.15, 0.2) is 11.6 Å². The molecule has 5 nitrogen and oxygen atoms in total. The van der Waals surface area contributed by atoms with E-state index in [1.807, 2.05) is 24.5 Å². The third-order valence-electron chi connectivity index (χ3n) is 5.28. The Morgan fingerprint density at radius 2 is 1.63 bits per heavy atom. The minimum absolute atomic E-state index is 0.144. The molecule has 3 aromatic rings. The van der Waals surface area contributed by atoms with Crippen LogP contribution in [0.1, 0.15) is 48.0 Å². The number of aryl methyl sites for hydroxylation is 1. The van der Waals surface area contributed by atoms with Crippen molar-refractivity contribution in [2.24, 2.45) is 0 Å². The van der Waals surface area contributed by atoms with E-state index >= 15 is 0 Å². The standard InChI is InChI=1S/C24H18ClNO4/c1-13-10-16(11-19-22(27)17-6-4-5-7-18(17)23(19)28)14(2)26(13)21-12-15(24(29)30-3)8-9-20(21)25/h4-12H,1-3H3. The molecule has 0 spiro atoms. The molecule has 4 rings (SSSR count). The van der Waals surface area contributed by atoms with Crippen LogP contribution in [0.4, 0.5) is 0 Å². The summed E-state index contributed by atoms with van der Waals surface area (Å²) in [6, 6.07) is 13.6. The molecule has 1 aliphatic rings. The largest absolute Gasteiger partial charge is 0.465 e. The predicted octanol–water partition coefficient (Wildman–Crippen LogP) is 5.00. The van der Waals surface area contributed by atoms with E-state index in [0.29, 0.717) is 27.4 Å². The van der Waals surface area contributed by atoms with Crippen LogP contribution in [0.3, 0.4) is 0 Å². The van der Waals surface area contributed by atoms with E-state index in [4.69, 9.17) is 16.3 Å². The molecule has 150 valence electrons. The van der Waals surface area contributed by atoms with Gasteiger partial charge in [0.25, 0.3) is 0 Å². The molecule has 0 saturated carbocycles. The van der Waals surface area contributed by atoms with Crippen molar-refractivity contribution < 1.29 is 19.1 Å². The number of fused-ring (bicyclic) bond motifs is 1. The molecule has 0 amide bonds. The van der Waals surface area contributed by atoms with Crippen molar-refractivity contribution in [2.45, 2.75) is 13.8 Å². The quantitative estimate of drug-likeness (QED) is 0.340. The van der Waals surface area contributed by atoms with Crippen LogP contribution in [0.2, 0.25) is 5.02 Å². The highest BCUT2D eigenvalue weighted by atomic mass is 35.5. The van der Waals surface area contributed by atoms with Crippen LogP contribution in [0, 0.1) is 13.8 Å². The number of hydrogen-bond acceptors (Lipinski definition) is 4. The Labute approximate surface area is 178 Å². The van der Waals surface area contributed by atoms with Crippen molar-refractivity contribution in [3.05, 3.63) is 92.8 Å². The van der Waals surface area contributed by atoms with Crippen molar-refractivity contribution in [1.29, 1.82) is 0 Å². The number of ether oxygens (including phenoxy) is 1. The van der Waals surface area contributed by atoms with Gasteiger partial charge in [-0.15, -0.1) is 0 Å². The van der Waals surface area contributed by atoms with Crippen molar-refractivity contribution in [3.63, 3.8) is 0 Å². The SMILES string of the molecule is COC(=O)c1ccc(Cl)c(-n2c(C)cc(C=C3C(=O)c4ccccc4C3=O)c2C)c1. The zero-order valence-corrected chi connectivity index (χ0v) is 17.4. The summed E-state index contributed by atoms with van der Waals surface area (Å²) in [5.41, 5.74) is 4.36. The number of benzene rings is 2. The third-order valence-corrected chi connectivity index (χ3v) is 5.60. The lowest BCUT2D eigenvalue weighted by molar-refractivity contribution is 0.0600. The van der Waals surface area contributed by atoms with E-state index in [1.165, 1.54) is 7.11 Å². The topological polar surface area (TPSA) is 65.4 Å². The van der Waals surface area contributed by atoms with E-state index in [9.17, 15) is 14.4 Å². The minimum atomic E-state index is -0.461. The van der Waals surface area contributed by atoms with Gasteiger partial charge in [0.05, 0.1) is 29.0 Å². The number of nitrogens with zero attached hydrogens (tertiary/aromatic N) is 1. The summed E-state index contributed by atoms with van der Waals surface area (Å²) in [5.74, 6) is -1.00. The van der Waals surface area contributed by atoms with Crippen LogP contribution in [-0.4, -0.2) is 29.2 Å². The number of Topliss-reactive ketones (excluding diaryl/α,β-unsaturated/α-hetero) is 2. The Morgan fingerprint density at radius 1 is 1.00 bits per heavy atom. The number of halogens is 1. The molecule has 0 atom stereocenters. The molecular weight excluding hydrogens is 402 g/mol. The van der Waals surface area contributed by atoms with Crippen molar-refractivity contribution in [1.82, 2.24) is 4.57 Å². The maximum Gasteiger partial charge on any atom is 0.337 e. The molecule has 0 unspecified atom stereocenters. The second-order valence-corrected chi connectivity index (χ2v) is 7.49. The third kappa shape index (κ3) is 3.08. The van der Waals surface area contributed by atoms with Gasteiger partial charge >= 0.3 is 5.97 Å². The molecule has 0 saturated heterocycles. The van der Waals surface area contributed by atoms with E-state index in [1.54, 1.807) is 48.5 Å². The highest BCUT2D eigenvalue weighted by Gasteiger charge is 2.32. The van der Waals surface area contributed by atoms with Crippen molar-refractivity contribution in [3.8, 4) is 5.69 Å². The fourth-order valence-electron chi connectivity index (χ4n) is 3.79. The summed E-state index contributed by atoms with van der Waals surface area (Å²) in [6.45, 7) is 3.76. The van der Waals surface area contributed by atoms with E-state index in [0.717, 1.165) is 17.0 Å². The highest BCUT2D eigenvalue weighted by molar-refractivity contribution is 6.41. The highest BCUT2D eigenvalue weighted by Crippen LogP contribution is 2.32. The van der Waals surface area contributed by atoms with Crippen LogP contribution in [-0.2, 0) is 4.74 Å². The molecule has 1 aromatic heterocycles. The lowest BCUT2D eigenvalue weighted by Gasteiger charge is -2.13. The molecule has 1 aliphatic carbocycles. The number of ketones is 2. The van der Waals surface area contributed by atoms with Crippen LogP contribution in [0.25, 0.3) is 11.8 Å². The molecule has 2 aromatic carbocycles. The molecule has 30 heavy (non-hydrogen) atoms. The fraction of sp³-hybridized carbons (Fsp3) is 0.125. The van der Waals surface area contributed by atoms with Gasteiger partial charge in [0.1, 0.15) is 0 Å². The van der Waals surface area contributed by atoms with Crippen molar-refractivity contribution >= 4 is 35.2 Å². The molecular formula is C24H18ClNO4. The Morgan fingerprint density at radius 3 is 2.23 bits per heavy atom. The number of rotatable bonds is 3. The summed E-state index contributed by atoms with van der Waals surface area (Å²) in [5, 5.41) is 0.462. The molecule has 0 fully saturated rings. The lowest BCUT2D eigenvalue weighted by atomic mass is 10.1. The average molecular weight is 420 g/mol. The smallest absolute Gasteiger partial charge is 0.337 e. The van der Waals surface area contributed by atoms with E-state index in [2.05, 4.69) is 0 Å². The normalized spacial score (nSPS) is 12.9. The monoisotopic (exact) mass is 419 g/mol. The first-order valence-electron chi connectivity index (χ1n) is 9.30. The van der Waals surface area contributed by atoms with Crippen molar-refractivity contribution in [2.75, 3.05) is 7.11 Å². The first-order chi connectivity index (χ1) is 14.3. The van der Waals surface area contributed by atoms with Gasteiger partial charge in [-0.1, -0.05) is 35.9 Å². The first kappa shape index (κ1) is 19.9. The fourth-order valence-corrected chi connectivity index (χ4v) is 3.99. The molecule has 1 heterocycles. The summed E-state index contributed by atoms with van der Waals surface area (Å²) < 4.78 is 6.69. The zero-order valence-electron chi connectivity index (χ0n) is 16.7. The minimum Gasteiger partial charge on any atom is -0.465 e. The van der Waals surface area contributed by atoms with E-state index in [-0.39, 0.29) is 17.1 Å². The van der Waals surface area contributed by atoms with Gasteiger partial charge < -0.3 is 9.30 Å². The summed E-state index contributed by atoms with van der Waals surface area (Å²) in [7, 11) is 1.32. The van der Waals surface area contributed by atoms with Gasteiger partial charge in [0, 0.05) is 22.5 Å². The van der Waals surface area contributed by atoms with E-state index < -0.39 is 5.97 Å². The number of esters is 1. The number of aromatic nitrogens is 1. The van der Waals surface area contributed by atoms with Crippen LogP contribution in [0.15, 0.2) is 54.1 Å². The number of hydrogen-bond donors (Lipinski definition) is 0. The first-order valence-corrected chi connectivity index (χ1v) is 9.68. The number of allylic oxidation sites excluding steroid dienone is 1. The van der Waals surface area contributed by atoms with Crippen LogP contribution >= 0.6 is 11.6 Å². The van der Waals surface area contributed by atoms with Gasteiger partial charge in [-0.05, 0) is 49.8 Å². The number of methoxy groups -OCH3 is 1. The van der Waals surface area contributed by atoms with Crippen LogP contribution in [0.5, 0.6) is 0 Å². The lowest BCUT2D eigenvalue weighted by Crippen LogP contribution is -2.05. The second kappa shape index (κ2) is 7.43. The Bertz CT molecular complexity index is 1230. The van der Waals surface area contributed by atoms with Crippen LogP contribution < -0.4 is 0 Å². The van der Waals surface area contributed by atoms with Gasteiger partial charge in [-0.25, -0.2) is 4.79 Å². The Balaban J connectivity index is 1.82. The number of carbonyl (C=O) groups excluding carboxylic acids is 3. The second-order valence-electron chi connectivity index (χ2n) is 7.08. The predicted molar refractivity (Wildman–Crippen MR) is 115 cm³/mol. The Hall–Kier alpha value is -3.44. The molecule has 0 aliphatic heterocycles. The molecule has 6 heteroatoms. The van der Waals surface area contributed by atoms with Gasteiger partial charge in [-0.2, -0.15) is 0 Å². The Kier molecular flexibility index (Phi) is 4.92. The maximum absolute atomic E-state index is 12.7. The summed E-state index contributed by atoms with van der Waals surface area (Å²) in [6.07, 6.45) is 1.63. The molecule has 0 N–H and O–H groups in total. The summed E-state index contributed by atoms with van der Waals surface area (Å²) in [4.78, 5) is 37.4. The maximum atomic E-state index is 12.7.